The Kier molecular flexibility index (Phi) is 2.80. The topological polar surface area (TPSA) is 33.1 Å². The summed E-state index contributed by atoms with van der Waals surface area (Å²) < 4.78 is 1.87. The average molecular weight is 208 g/mol. The van der Waals surface area contributed by atoms with Crippen molar-refractivity contribution in [3.05, 3.63) is 18.0 Å². The van der Waals surface area contributed by atoms with Crippen LogP contribution in [-0.4, -0.2) is 40.9 Å². The molecule has 0 saturated carbocycles. The molecule has 4 nitrogen and oxygen atoms in total. The molecular weight excluding hydrogens is 188 g/mol. The van der Waals surface area contributed by atoms with Crippen LogP contribution in [0.2, 0.25) is 0 Å². The Labute approximate surface area is 91.3 Å². The predicted octanol–water partition coefficient (Wildman–Crippen LogP) is 0.560. The van der Waals surface area contributed by atoms with Crippen LogP contribution < -0.4 is 5.32 Å². The number of nitrogens with one attached hydrogen (secondary N) is 1. The van der Waals surface area contributed by atoms with Crippen LogP contribution in [-0.2, 0) is 12.6 Å². The Bertz CT molecular complexity index is 323. The summed E-state index contributed by atoms with van der Waals surface area (Å²) in [4.78, 5) is 2.51. The first kappa shape index (κ1) is 10.6. The summed E-state index contributed by atoms with van der Waals surface area (Å²) in [6.07, 6.45) is 4.09. The second-order valence-electron chi connectivity index (χ2n) is 4.70. The minimum atomic E-state index is 0.0936. The van der Waals surface area contributed by atoms with Crippen molar-refractivity contribution < 1.29 is 0 Å². The van der Waals surface area contributed by atoms with Crippen LogP contribution in [0.25, 0.3) is 0 Å². The first-order valence-corrected chi connectivity index (χ1v) is 5.55. The molecule has 0 aromatic carbocycles. The zero-order chi connectivity index (χ0) is 10.9. The molecule has 2 heterocycles. The molecule has 1 aromatic rings. The summed E-state index contributed by atoms with van der Waals surface area (Å²) in [7, 11) is 1.97. The van der Waals surface area contributed by atoms with Gasteiger partial charge in [-0.15, -0.1) is 0 Å². The first-order valence-electron chi connectivity index (χ1n) is 5.55. The molecule has 0 aliphatic carbocycles. The molecule has 4 heteroatoms. The van der Waals surface area contributed by atoms with E-state index in [-0.39, 0.29) is 5.54 Å². The average Bonchev–Trinajstić information content (AvgIpc) is 2.67. The van der Waals surface area contributed by atoms with Gasteiger partial charge in [-0.1, -0.05) is 0 Å². The standard InChI is InChI=1S/C11H20N4/c1-11(2,10-8-13-14(3)9-10)15-6-4-12-5-7-15/h8-9,12H,4-7H2,1-3H3. The first-order chi connectivity index (χ1) is 7.10. The van der Waals surface area contributed by atoms with Gasteiger partial charge in [-0.05, 0) is 13.8 Å². The van der Waals surface area contributed by atoms with E-state index in [0.29, 0.717) is 0 Å². The predicted molar refractivity (Wildman–Crippen MR) is 60.7 cm³/mol. The van der Waals surface area contributed by atoms with Crippen molar-refractivity contribution in [2.75, 3.05) is 26.2 Å². The van der Waals surface area contributed by atoms with Crippen LogP contribution in [0, 0.1) is 0 Å². The van der Waals surface area contributed by atoms with Crippen LogP contribution in [0.4, 0.5) is 0 Å². The van der Waals surface area contributed by atoms with E-state index in [1.165, 1.54) is 5.56 Å². The lowest BCUT2D eigenvalue weighted by molar-refractivity contribution is 0.102. The fourth-order valence-corrected chi connectivity index (χ4v) is 2.14. The van der Waals surface area contributed by atoms with Gasteiger partial charge in [0.2, 0.25) is 0 Å². The van der Waals surface area contributed by atoms with Crippen LogP contribution in [0.1, 0.15) is 19.4 Å². The molecule has 84 valence electrons. The second-order valence-corrected chi connectivity index (χ2v) is 4.70. The summed E-state index contributed by atoms with van der Waals surface area (Å²) in [5.41, 5.74) is 1.39. The zero-order valence-corrected chi connectivity index (χ0v) is 9.82. The van der Waals surface area contributed by atoms with E-state index in [2.05, 4.69) is 35.4 Å². The van der Waals surface area contributed by atoms with Crippen molar-refractivity contribution in [1.82, 2.24) is 20.0 Å². The van der Waals surface area contributed by atoms with Crippen LogP contribution in [0.3, 0.4) is 0 Å². The van der Waals surface area contributed by atoms with Gasteiger partial charge in [0.1, 0.15) is 0 Å². The Morgan fingerprint density at radius 1 is 1.33 bits per heavy atom. The van der Waals surface area contributed by atoms with Gasteiger partial charge in [0.15, 0.2) is 0 Å². The molecule has 0 unspecified atom stereocenters. The summed E-state index contributed by atoms with van der Waals surface area (Å²) in [6.45, 7) is 8.95. The zero-order valence-electron chi connectivity index (χ0n) is 9.82. The normalized spacial score (nSPS) is 19.4. The van der Waals surface area contributed by atoms with E-state index < -0.39 is 0 Å². The summed E-state index contributed by atoms with van der Waals surface area (Å²) in [5, 5.41) is 7.63. The fourth-order valence-electron chi connectivity index (χ4n) is 2.14. The van der Waals surface area contributed by atoms with E-state index in [9.17, 15) is 0 Å². The van der Waals surface area contributed by atoms with Gasteiger partial charge in [0, 0.05) is 50.5 Å². The summed E-state index contributed by atoms with van der Waals surface area (Å²) >= 11 is 0. The summed E-state index contributed by atoms with van der Waals surface area (Å²) in [5.74, 6) is 0. The molecule has 1 aliphatic heterocycles. The highest BCUT2D eigenvalue weighted by atomic mass is 15.3. The molecule has 1 saturated heterocycles. The Morgan fingerprint density at radius 2 is 2.00 bits per heavy atom. The maximum atomic E-state index is 4.25. The van der Waals surface area contributed by atoms with Crippen LogP contribution in [0.15, 0.2) is 12.4 Å². The maximum Gasteiger partial charge on any atom is 0.0540 e. The van der Waals surface area contributed by atoms with Crippen LogP contribution in [0.5, 0.6) is 0 Å². The molecule has 15 heavy (non-hydrogen) atoms. The molecule has 0 spiro atoms. The van der Waals surface area contributed by atoms with Crippen molar-refractivity contribution in [2.45, 2.75) is 19.4 Å². The smallest absolute Gasteiger partial charge is 0.0540 e. The minimum Gasteiger partial charge on any atom is -0.314 e. The van der Waals surface area contributed by atoms with E-state index in [1.54, 1.807) is 0 Å². The number of nitrogens with zero attached hydrogens (tertiary/aromatic N) is 3. The van der Waals surface area contributed by atoms with E-state index >= 15 is 0 Å². The van der Waals surface area contributed by atoms with Crippen molar-refractivity contribution >= 4 is 0 Å². The maximum absolute atomic E-state index is 4.25. The number of aromatic nitrogens is 2. The lowest BCUT2D eigenvalue weighted by Crippen LogP contribution is -2.51. The van der Waals surface area contributed by atoms with Crippen molar-refractivity contribution in [1.29, 1.82) is 0 Å². The molecule has 0 bridgehead atoms. The molecule has 1 aromatic heterocycles. The molecule has 1 fully saturated rings. The van der Waals surface area contributed by atoms with Crippen molar-refractivity contribution in [3.63, 3.8) is 0 Å². The van der Waals surface area contributed by atoms with Gasteiger partial charge in [-0.2, -0.15) is 5.10 Å². The minimum absolute atomic E-state index is 0.0936. The highest BCUT2D eigenvalue weighted by molar-refractivity contribution is 5.16. The molecule has 1 aliphatic rings. The number of hydrogen-bond acceptors (Lipinski definition) is 3. The van der Waals surface area contributed by atoms with E-state index in [4.69, 9.17) is 0 Å². The Hall–Kier alpha value is -0.870. The van der Waals surface area contributed by atoms with E-state index in [1.807, 2.05) is 17.9 Å². The number of hydrogen-bond donors (Lipinski definition) is 1. The second kappa shape index (κ2) is 3.94. The van der Waals surface area contributed by atoms with Gasteiger partial charge >= 0.3 is 0 Å². The van der Waals surface area contributed by atoms with Crippen molar-refractivity contribution in [3.8, 4) is 0 Å². The monoisotopic (exact) mass is 208 g/mol. The van der Waals surface area contributed by atoms with Crippen LogP contribution >= 0.6 is 0 Å². The number of rotatable bonds is 2. The molecule has 1 N–H and O–H groups in total. The molecule has 0 radical (unpaired) electrons. The quantitative estimate of drug-likeness (QED) is 0.771. The number of piperazine rings is 1. The third kappa shape index (κ3) is 2.06. The highest BCUT2D eigenvalue weighted by Crippen LogP contribution is 2.27. The SMILES string of the molecule is Cn1cc(C(C)(C)N2CCNCC2)cn1. The largest absolute Gasteiger partial charge is 0.314 e. The lowest BCUT2D eigenvalue weighted by atomic mass is 9.94. The number of aryl methyl sites for hydroxylation is 1. The lowest BCUT2D eigenvalue weighted by Gasteiger charge is -2.40. The molecule has 0 atom stereocenters. The molecule has 2 rings (SSSR count). The fraction of sp³-hybridized carbons (Fsp3) is 0.727. The van der Waals surface area contributed by atoms with Crippen molar-refractivity contribution in [2.24, 2.45) is 7.05 Å². The van der Waals surface area contributed by atoms with Gasteiger partial charge in [-0.3, -0.25) is 9.58 Å². The highest BCUT2D eigenvalue weighted by Gasteiger charge is 2.30. The molecular formula is C11H20N4. The van der Waals surface area contributed by atoms with Gasteiger partial charge in [0.05, 0.1) is 6.20 Å². The Balaban J connectivity index is 2.17. The van der Waals surface area contributed by atoms with Gasteiger partial charge in [0.25, 0.3) is 0 Å². The molecule has 0 amide bonds. The summed E-state index contributed by atoms with van der Waals surface area (Å²) in [6, 6.07) is 0. The van der Waals surface area contributed by atoms with Gasteiger partial charge in [-0.25, -0.2) is 0 Å². The van der Waals surface area contributed by atoms with Gasteiger partial charge < -0.3 is 5.32 Å². The third-order valence-electron chi connectivity index (χ3n) is 3.32. The Morgan fingerprint density at radius 3 is 2.53 bits per heavy atom. The third-order valence-corrected chi connectivity index (χ3v) is 3.32. The van der Waals surface area contributed by atoms with E-state index in [0.717, 1.165) is 26.2 Å².